The highest BCUT2D eigenvalue weighted by atomic mass is 35.5. The molecular formula is C13H19ClN2. The summed E-state index contributed by atoms with van der Waals surface area (Å²) in [6, 6.07) is 5.34. The maximum Gasteiger partial charge on any atom is 0.133 e. The summed E-state index contributed by atoms with van der Waals surface area (Å²) in [4.78, 5) is 6.67. The van der Waals surface area contributed by atoms with E-state index in [0.29, 0.717) is 17.2 Å². The largest absolute Gasteiger partial charge is 0.294 e. The smallest absolute Gasteiger partial charge is 0.133 e. The van der Waals surface area contributed by atoms with Gasteiger partial charge in [0.05, 0.1) is 0 Å². The molecule has 1 saturated heterocycles. The van der Waals surface area contributed by atoms with E-state index in [-0.39, 0.29) is 0 Å². The van der Waals surface area contributed by atoms with Gasteiger partial charge in [-0.15, -0.1) is 0 Å². The molecule has 16 heavy (non-hydrogen) atoms. The fourth-order valence-electron chi connectivity index (χ4n) is 2.52. The van der Waals surface area contributed by atoms with Crippen LogP contribution in [0.3, 0.4) is 0 Å². The molecule has 2 heterocycles. The number of hydrogen-bond donors (Lipinski definition) is 0. The first-order valence-electron chi connectivity index (χ1n) is 6.03. The predicted molar refractivity (Wildman–Crippen MR) is 67.6 cm³/mol. The highest BCUT2D eigenvalue weighted by Crippen LogP contribution is 2.25. The maximum atomic E-state index is 6.10. The first-order valence-corrected chi connectivity index (χ1v) is 6.41. The van der Waals surface area contributed by atoms with Crippen LogP contribution in [0, 0.1) is 0 Å². The molecule has 0 saturated carbocycles. The van der Waals surface area contributed by atoms with Crippen molar-refractivity contribution < 1.29 is 0 Å². The molecule has 3 heteroatoms. The molecule has 0 aliphatic carbocycles. The van der Waals surface area contributed by atoms with Gasteiger partial charge in [0.15, 0.2) is 0 Å². The number of nitrogens with zero attached hydrogens (tertiary/aromatic N) is 2. The van der Waals surface area contributed by atoms with Gasteiger partial charge in [-0.05, 0) is 32.8 Å². The summed E-state index contributed by atoms with van der Waals surface area (Å²) in [5.74, 6) is 0. The molecule has 88 valence electrons. The molecule has 1 aromatic heterocycles. The lowest BCUT2D eigenvalue weighted by molar-refractivity contribution is 0.0952. The lowest BCUT2D eigenvalue weighted by Gasteiger charge is -2.39. The Hall–Kier alpha value is -0.600. The van der Waals surface area contributed by atoms with Crippen LogP contribution in [0.4, 0.5) is 0 Å². The van der Waals surface area contributed by atoms with Crippen LogP contribution in [0.1, 0.15) is 38.7 Å². The van der Waals surface area contributed by atoms with Gasteiger partial charge in [0, 0.05) is 30.4 Å². The second-order valence-electron chi connectivity index (χ2n) is 4.75. The summed E-state index contributed by atoms with van der Waals surface area (Å²) in [5, 5.41) is 0.646. The van der Waals surface area contributed by atoms with Crippen LogP contribution in [-0.4, -0.2) is 22.0 Å². The van der Waals surface area contributed by atoms with Crippen LogP contribution in [0.2, 0.25) is 5.15 Å². The minimum absolute atomic E-state index is 0.646. The van der Waals surface area contributed by atoms with Crippen LogP contribution in [0.5, 0.6) is 0 Å². The van der Waals surface area contributed by atoms with E-state index in [9.17, 15) is 0 Å². The van der Waals surface area contributed by atoms with Crippen molar-refractivity contribution in [3.8, 4) is 0 Å². The molecule has 1 aliphatic heterocycles. The van der Waals surface area contributed by atoms with E-state index in [4.69, 9.17) is 11.6 Å². The zero-order chi connectivity index (χ0) is 11.5. The average Bonchev–Trinajstić information content (AvgIpc) is 2.26. The molecule has 0 amide bonds. The molecule has 0 aromatic carbocycles. The number of piperidine rings is 1. The van der Waals surface area contributed by atoms with E-state index < -0.39 is 0 Å². The Bertz CT molecular complexity index is 344. The summed E-state index contributed by atoms with van der Waals surface area (Å²) in [7, 11) is 0. The van der Waals surface area contributed by atoms with Crippen LogP contribution >= 0.6 is 11.6 Å². The van der Waals surface area contributed by atoms with Crippen molar-refractivity contribution in [3.05, 3.63) is 29.0 Å². The first kappa shape index (κ1) is 11.9. The molecule has 2 nitrogen and oxygen atoms in total. The fourth-order valence-corrected chi connectivity index (χ4v) is 2.70. The topological polar surface area (TPSA) is 16.1 Å². The van der Waals surface area contributed by atoms with Crippen molar-refractivity contribution in [2.24, 2.45) is 0 Å². The number of pyridine rings is 1. The normalized spacial score (nSPS) is 26.9. The molecule has 1 aliphatic rings. The molecule has 0 spiro atoms. The lowest BCUT2D eigenvalue weighted by Crippen LogP contribution is -2.43. The Kier molecular flexibility index (Phi) is 3.82. The van der Waals surface area contributed by atoms with Crippen molar-refractivity contribution in [2.75, 3.05) is 0 Å². The Morgan fingerprint density at radius 2 is 2.06 bits per heavy atom. The van der Waals surface area contributed by atoms with Crippen LogP contribution in [0.15, 0.2) is 18.3 Å². The number of halogens is 1. The fraction of sp³-hybridized carbons (Fsp3) is 0.615. The number of likely N-dealkylation sites (tertiary alicyclic amines) is 1. The molecule has 0 radical (unpaired) electrons. The number of rotatable bonds is 2. The molecule has 2 atom stereocenters. The zero-order valence-corrected chi connectivity index (χ0v) is 10.7. The van der Waals surface area contributed by atoms with Gasteiger partial charge in [0.25, 0.3) is 0 Å². The number of hydrogen-bond acceptors (Lipinski definition) is 2. The molecule has 1 fully saturated rings. The summed E-state index contributed by atoms with van der Waals surface area (Å²) < 4.78 is 0. The van der Waals surface area contributed by atoms with E-state index >= 15 is 0 Å². The Labute approximate surface area is 103 Å². The van der Waals surface area contributed by atoms with Crippen LogP contribution in [-0.2, 0) is 6.54 Å². The highest BCUT2D eigenvalue weighted by molar-refractivity contribution is 6.30. The average molecular weight is 239 g/mol. The van der Waals surface area contributed by atoms with Crippen molar-refractivity contribution in [1.82, 2.24) is 9.88 Å². The van der Waals surface area contributed by atoms with E-state index in [1.54, 1.807) is 6.20 Å². The zero-order valence-electron chi connectivity index (χ0n) is 9.99. The van der Waals surface area contributed by atoms with E-state index in [2.05, 4.69) is 29.8 Å². The van der Waals surface area contributed by atoms with Gasteiger partial charge in [0.2, 0.25) is 0 Å². The van der Waals surface area contributed by atoms with Gasteiger partial charge in [0.1, 0.15) is 5.15 Å². The van der Waals surface area contributed by atoms with E-state index in [0.717, 1.165) is 12.1 Å². The summed E-state index contributed by atoms with van der Waals surface area (Å²) >= 11 is 6.10. The lowest BCUT2D eigenvalue weighted by atomic mass is 9.97. The maximum absolute atomic E-state index is 6.10. The van der Waals surface area contributed by atoms with Gasteiger partial charge >= 0.3 is 0 Å². The molecule has 0 N–H and O–H groups in total. The van der Waals surface area contributed by atoms with Gasteiger partial charge < -0.3 is 0 Å². The van der Waals surface area contributed by atoms with Gasteiger partial charge in [-0.2, -0.15) is 0 Å². The van der Waals surface area contributed by atoms with Crippen molar-refractivity contribution in [2.45, 2.75) is 51.7 Å². The monoisotopic (exact) mass is 238 g/mol. The SMILES string of the molecule is C[C@@H]1CCC[C@H](C)N1Cc1cccnc1Cl. The van der Waals surface area contributed by atoms with Crippen LogP contribution < -0.4 is 0 Å². The second kappa shape index (κ2) is 5.15. The van der Waals surface area contributed by atoms with E-state index in [1.165, 1.54) is 19.3 Å². The summed E-state index contributed by atoms with van der Waals surface area (Å²) in [5.41, 5.74) is 1.14. The van der Waals surface area contributed by atoms with Crippen molar-refractivity contribution in [3.63, 3.8) is 0 Å². The standard InChI is InChI=1S/C13H19ClN2/c1-10-5-3-6-11(2)16(10)9-12-7-4-8-15-13(12)14/h4,7-8,10-11H,3,5-6,9H2,1-2H3/t10-,11+. The minimum Gasteiger partial charge on any atom is -0.294 e. The molecule has 0 unspecified atom stereocenters. The van der Waals surface area contributed by atoms with Crippen LogP contribution in [0.25, 0.3) is 0 Å². The third kappa shape index (κ3) is 2.55. The third-order valence-electron chi connectivity index (χ3n) is 3.57. The highest BCUT2D eigenvalue weighted by Gasteiger charge is 2.25. The summed E-state index contributed by atoms with van der Waals surface area (Å²) in [6.45, 7) is 5.54. The molecular weight excluding hydrogens is 220 g/mol. The third-order valence-corrected chi connectivity index (χ3v) is 3.91. The molecule has 0 bridgehead atoms. The van der Waals surface area contributed by atoms with Gasteiger partial charge in [-0.1, -0.05) is 24.1 Å². The molecule has 1 aromatic rings. The minimum atomic E-state index is 0.646. The van der Waals surface area contributed by atoms with Gasteiger partial charge in [-0.25, -0.2) is 4.98 Å². The van der Waals surface area contributed by atoms with E-state index in [1.807, 2.05) is 6.07 Å². The first-order chi connectivity index (χ1) is 7.68. The Morgan fingerprint density at radius 1 is 1.38 bits per heavy atom. The number of aromatic nitrogens is 1. The van der Waals surface area contributed by atoms with Crippen molar-refractivity contribution >= 4 is 11.6 Å². The second-order valence-corrected chi connectivity index (χ2v) is 5.11. The Morgan fingerprint density at radius 3 is 2.69 bits per heavy atom. The van der Waals surface area contributed by atoms with Gasteiger partial charge in [-0.3, -0.25) is 4.90 Å². The summed E-state index contributed by atoms with van der Waals surface area (Å²) in [6.07, 6.45) is 5.68. The van der Waals surface area contributed by atoms with Crippen molar-refractivity contribution in [1.29, 1.82) is 0 Å². The Balaban J connectivity index is 2.11. The quantitative estimate of drug-likeness (QED) is 0.734. The predicted octanol–water partition coefficient (Wildman–Crippen LogP) is 3.50. The molecule has 2 rings (SSSR count).